The molecular formula is C19H27NO2. The van der Waals surface area contributed by atoms with Gasteiger partial charge in [0.05, 0.1) is 5.56 Å². The number of carbonyl (C=O) groups is 2. The Morgan fingerprint density at radius 1 is 1.14 bits per heavy atom. The fourth-order valence-corrected chi connectivity index (χ4v) is 3.29. The third kappa shape index (κ3) is 4.19. The molecule has 0 amide bonds. The second-order valence-corrected chi connectivity index (χ2v) is 6.29. The van der Waals surface area contributed by atoms with E-state index in [1.165, 1.54) is 25.7 Å². The maximum absolute atomic E-state index is 12.3. The van der Waals surface area contributed by atoms with Crippen molar-refractivity contribution < 1.29 is 9.59 Å². The molecule has 0 bridgehead atoms. The first-order valence-electron chi connectivity index (χ1n) is 8.57. The highest BCUT2D eigenvalue weighted by Crippen LogP contribution is 2.26. The van der Waals surface area contributed by atoms with Crippen molar-refractivity contribution >= 4 is 17.3 Å². The first-order valence-corrected chi connectivity index (χ1v) is 8.57. The average Bonchev–Trinajstić information content (AvgIpc) is 2.75. The van der Waals surface area contributed by atoms with Gasteiger partial charge >= 0.3 is 0 Å². The fraction of sp³-hybridized carbons (Fsp3) is 0.579. The summed E-state index contributed by atoms with van der Waals surface area (Å²) in [5, 5.41) is 3.54. The molecule has 1 aromatic rings. The van der Waals surface area contributed by atoms with Crippen LogP contribution in [-0.2, 0) is 0 Å². The van der Waals surface area contributed by atoms with Crippen molar-refractivity contribution in [1.82, 2.24) is 0 Å². The van der Waals surface area contributed by atoms with Crippen molar-refractivity contribution in [2.75, 3.05) is 5.32 Å². The highest BCUT2D eigenvalue weighted by Gasteiger charge is 2.20. The van der Waals surface area contributed by atoms with Gasteiger partial charge in [-0.3, -0.25) is 9.59 Å². The van der Waals surface area contributed by atoms with Gasteiger partial charge in [0.15, 0.2) is 11.6 Å². The zero-order chi connectivity index (χ0) is 15.9. The SMILES string of the molecule is CCCC(=O)c1cccc(NC2CCCCCC2)c1C(C)=O. The molecule has 3 heteroatoms. The van der Waals surface area contributed by atoms with Crippen molar-refractivity contribution in [3.05, 3.63) is 29.3 Å². The molecule has 0 aliphatic heterocycles. The molecule has 0 spiro atoms. The minimum absolute atomic E-state index is 0.0313. The standard InChI is InChI=1S/C19H27NO2/c1-3-9-18(22)16-12-8-13-17(19(16)14(2)21)20-15-10-6-4-5-7-11-15/h8,12-13,15,20H,3-7,9-11H2,1-2H3. The predicted molar refractivity (Wildman–Crippen MR) is 90.8 cm³/mol. The Labute approximate surface area is 133 Å². The summed E-state index contributed by atoms with van der Waals surface area (Å²) in [5.41, 5.74) is 1.99. The number of hydrogen-bond acceptors (Lipinski definition) is 3. The van der Waals surface area contributed by atoms with Crippen LogP contribution in [0.2, 0.25) is 0 Å². The first-order chi connectivity index (χ1) is 10.6. The van der Waals surface area contributed by atoms with Crippen LogP contribution in [0, 0.1) is 0 Å². The van der Waals surface area contributed by atoms with E-state index in [9.17, 15) is 9.59 Å². The van der Waals surface area contributed by atoms with Crippen molar-refractivity contribution in [2.24, 2.45) is 0 Å². The Morgan fingerprint density at radius 3 is 2.41 bits per heavy atom. The Kier molecular flexibility index (Phi) is 6.17. The van der Waals surface area contributed by atoms with Crippen LogP contribution in [0.4, 0.5) is 5.69 Å². The van der Waals surface area contributed by atoms with Gasteiger partial charge in [-0.05, 0) is 32.3 Å². The van der Waals surface area contributed by atoms with Crippen LogP contribution in [0.15, 0.2) is 18.2 Å². The van der Waals surface area contributed by atoms with Crippen LogP contribution in [0.5, 0.6) is 0 Å². The number of benzene rings is 1. The second-order valence-electron chi connectivity index (χ2n) is 6.29. The molecule has 1 aliphatic rings. The molecule has 0 aromatic heterocycles. The third-order valence-corrected chi connectivity index (χ3v) is 4.41. The van der Waals surface area contributed by atoms with Crippen LogP contribution in [0.3, 0.4) is 0 Å². The molecule has 1 aromatic carbocycles. The number of carbonyl (C=O) groups excluding carboxylic acids is 2. The van der Waals surface area contributed by atoms with Gasteiger partial charge < -0.3 is 5.32 Å². The number of Topliss-reactive ketones (excluding diaryl/α,β-unsaturated/α-hetero) is 2. The normalized spacial score (nSPS) is 16.1. The van der Waals surface area contributed by atoms with Gasteiger partial charge in [-0.25, -0.2) is 0 Å². The molecule has 1 saturated carbocycles. The Bertz CT molecular complexity index is 528. The molecule has 0 saturated heterocycles. The Balaban J connectivity index is 2.27. The highest BCUT2D eigenvalue weighted by molar-refractivity contribution is 6.11. The molecule has 0 heterocycles. The van der Waals surface area contributed by atoms with Crippen molar-refractivity contribution in [1.29, 1.82) is 0 Å². The monoisotopic (exact) mass is 301 g/mol. The quantitative estimate of drug-likeness (QED) is 0.593. The Morgan fingerprint density at radius 2 is 1.82 bits per heavy atom. The number of hydrogen-bond donors (Lipinski definition) is 1. The Hall–Kier alpha value is -1.64. The zero-order valence-electron chi connectivity index (χ0n) is 13.8. The minimum Gasteiger partial charge on any atom is -0.382 e. The number of nitrogens with one attached hydrogen (secondary N) is 1. The van der Waals surface area contributed by atoms with Gasteiger partial charge in [0.1, 0.15) is 0 Å². The summed E-state index contributed by atoms with van der Waals surface area (Å²) in [6, 6.07) is 6.02. The molecular weight excluding hydrogens is 274 g/mol. The molecule has 1 fully saturated rings. The van der Waals surface area contributed by atoms with E-state index in [0.29, 0.717) is 23.6 Å². The van der Waals surface area contributed by atoms with Gasteiger partial charge in [0, 0.05) is 23.7 Å². The summed E-state index contributed by atoms with van der Waals surface area (Å²) in [4.78, 5) is 24.4. The number of ketones is 2. The smallest absolute Gasteiger partial charge is 0.163 e. The summed E-state index contributed by atoms with van der Waals surface area (Å²) in [6.45, 7) is 3.54. The van der Waals surface area contributed by atoms with Gasteiger partial charge in [-0.1, -0.05) is 44.7 Å². The lowest BCUT2D eigenvalue weighted by Gasteiger charge is -2.20. The molecule has 22 heavy (non-hydrogen) atoms. The third-order valence-electron chi connectivity index (χ3n) is 4.41. The van der Waals surface area contributed by atoms with E-state index in [1.807, 2.05) is 19.1 Å². The lowest BCUT2D eigenvalue weighted by atomic mass is 9.96. The first kappa shape index (κ1) is 16.7. The van der Waals surface area contributed by atoms with Crippen molar-refractivity contribution in [3.63, 3.8) is 0 Å². The minimum atomic E-state index is -0.0313. The van der Waals surface area contributed by atoms with Gasteiger partial charge in [-0.2, -0.15) is 0 Å². The molecule has 120 valence electrons. The van der Waals surface area contributed by atoms with E-state index in [-0.39, 0.29) is 11.6 Å². The largest absolute Gasteiger partial charge is 0.382 e. The van der Waals surface area contributed by atoms with Crippen LogP contribution in [0.1, 0.15) is 85.9 Å². The van der Waals surface area contributed by atoms with Crippen LogP contribution >= 0.6 is 0 Å². The van der Waals surface area contributed by atoms with E-state index < -0.39 is 0 Å². The molecule has 0 atom stereocenters. The maximum Gasteiger partial charge on any atom is 0.163 e. The summed E-state index contributed by atoms with van der Waals surface area (Å²) in [7, 11) is 0. The lowest BCUT2D eigenvalue weighted by molar-refractivity contribution is 0.0961. The van der Waals surface area contributed by atoms with E-state index in [1.54, 1.807) is 13.0 Å². The molecule has 2 rings (SSSR count). The van der Waals surface area contributed by atoms with E-state index in [4.69, 9.17) is 0 Å². The summed E-state index contributed by atoms with van der Waals surface area (Å²) in [5.74, 6) is 0.0355. The van der Waals surface area contributed by atoms with Crippen LogP contribution < -0.4 is 5.32 Å². The zero-order valence-corrected chi connectivity index (χ0v) is 13.8. The number of anilines is 1. The fourth-order valence-electron chi connectivity index (χ4n) is 3.29. The predicted octanol–water partition coefficient (Wildman–Crippen LogP) is 5.01. The van der Waals surface area contributed by atoms with Gasteiger partial charge in [0.25, 0.3) is 0 Å². The molecule has 1 aliphatic carbocycles. The topological polar surface area (TPSA) is 46.2 Å². The van der Waals surface area contributed by atoms with Crippen LogP contribution in [0.25, 0.3) is 0 Å². The van der Waals surface area contributed by atoms with E-state index in [0.717, 1.165) is 24.9 Å². The number of rotatable bonds is 6. The lowest BCUT2D eigenvalue weighted by Crippen LogP contribution is -2.21. The van der Waals surface area contributed by atoms with Gasteiger partial charge in [-0.15, -0.1) is 0 Å². The molecule has 3 nitrogen and oxygen atoms in total. The summed E-state index contributed by atoms with van der Waals surface area (Å²) in [6.07, 6.45) is 8.65. The van der Waals surface area contributed by atoms with E-state index in [2.05, 4.69) is 5.32 Å². The summed E-state index contributed by atoms with van der Waals surface area (Å²) >= 11 is 0. The van der Waals surface area contributed by atoms with Gasteiger partial charge in [0.2, 0.25) is 0 Å². The van der Waals surface area contributed by atoms with Crippen molar-refractivity contribution in [3.8, 4) is 0 Å². The molecule has 0 unspecified atom stereocenters. The second kappa shape index (κ2) is 8.11. The van der Waals surface area contributed by atoms with Crippen LogP contribution in [-0.4, -0.2) is 17.6 Å². The average molecular weight is 301 g/mol. The van der Waals surface area contributed by atoms with Crippen molar-refractivity contribution in [2.45, 2.75) is 71.3 Å². The molecule has 1 N–H and O–H groups in total. The van der Waals surface area contributed by atoms with E-state index >= 15 is 0 Å². The molecule has 0 radical (unpaired) electrons. The highest BCUT2D eigenvalue weighted by atomic mass is 16.1. The summed E-state index contributed by atoms with van der Waals surface area (Å²) < 4.78 is 0. The maximum atomic E-state index is 12.3.